The van der Waals surface area contributed by atoms with E-state index in [4.69, 9.17) is 4.74 Å². The summed E-state index contributed by atoms with van der Waals surface area (Å²) in [5.74, 6) is 0.607. The summed E-state index contributed by atoms with van der Waals surface area (Å²) in [6.07, 6.45) is 0.903. The van der Waals surface area contributed by atoms with E-state index in [1.807, 2.05) is 6.92 Å². The Labute approximate surface area is 192 Å². The van der Waals surface area contributed by atoms with Gasteiger partial charge in [0.05, 0.1) is 7.11 Å². The summed E-state index contributed by atoms with van der Waals surface area (Å²) in [5.41, 5.74) is 2.70. The van der Waals surface area contributed by atoms with Gasteiger partial charge in [-0.2, -0.15) is 0 Å². The van der Waals surface area contributed by atoms with Crippen molar-refractivity contribution < 1.29 is 19.1 Å². The van der Waals surface area contributed by atoms with E-state index in [0.717, 1.165) is 6.42 Å². The molecule has 7 heteroatoms. The highest BCUT2D eigenvalue weighted by Crippen LogP contribution is 2.38. The molecule has 3 amide bonds. The van der Waals surface area contributed by atoms with Crippen molar-refractivity contribution in [2.24, 2.45) is 11.8 Å². The average Bonchev–Trinajstić information content (AvgIpc) is 3.57. The predicted molar refractivity (Wildman–Crippen MR) is 128 cm³/mol. The second kappa shape index (κ2) is 9.56. The summed E-state index contributed by atoms with van der Waals surface area (Å²) in [7, 11) is 1.58. The highest BCUT2D eigenvalue weighted by atomic mass is 16.5. The molecular formula is C26H25N3O4. The van der Waals surface area contributed by atoms with Crippen molar-refractivity contribution in [2.45, 2.75) is 13.3 Å². The smallest absolute Gasteiger partial charge is 0.255 e. The third-order valence-corrected chi connectivity index (χ3v) is 5.59. The molecule has 0 heterocycles. The van der Waals surface area contributed by atoms with Gasteiger partial charge < -0.3 is 20.7 Å². The first-order chi connectivity index (χ1) is 15.9. The Morgan fingerprint density at radius 1 is 0.758 bits per heavy atom. The van der Waals surface area contributed by atoms with E-state index in [1.165, 1.54) is 0 Å². The van der Waals surface area contributed by atoms with E-state index in [9.17, 15) is 14.4 Å². The summed E-state index contributed by atoms with van der Waals surface area (Å²) in [6, 6.07) is 20.5. The van der Waals surface area contributed by atoms with Crippen molar-refractivity contribution in [3.63, 3.8) is 0 Å². The molecule has 1 aliphatic rings. The first kappa shape index (κ1) is 22.1. The van der Waals surface area contributed by atoms with Crippen LogP contribution in [0.15, 0.2) is 72.8 Å². The van der Waals surface area contributed by atoms with Crippen molar-refractivity contribution in [3.8, 4) is 5.75 Å². The maximum Gasteiger partial charge on any atom is 0.255 e. The molecule has 0 radical (unpaired) electrons. The van der Waals surface area contributed by atoms with Crippen molar-refractivity contribution in [1.29, 1.82) is 0 Å². The fraction of sp³-hybridized carbons (Fsp3) is 0.192. The third kappa shape index (κ3) is 5.57. The van der Waals surface area contributed by atoms with Crippen LogP contribution in [-0.2, 0) is 4.79 Å². The minimum Gasteiger partial charge on any atom is -0.497 e. The summed E-state index contributed by atoms with van der Waals surface area (Å²) in [6.45, 7) is 2.04. The van der Waals surface area contributed by atoms with Crippen LogP contribution in [-0.4, -0.2) is 24.8 Å². The molecular weight excluding hydrogens is 418 g/mol. The quantitative estimate of drug-likeness (QED) is 0.489. The number of hydrogen-bond acceptors (Lipinski definition) is 4. The number of methoxy groups -OCH3 is 1. The van der Waals surface area contributed by atoms with Crippen molar-refractivity contribution in [2.75, 3.05) is 23.1 Å². The van der Waals surface area contributed by atoms with Crippen LogP contribution >= 0.6 is 0 Å². The number of anilines is 3. The van der Waals surface area contributed by atoms with Crippen LogP contribution in [0, 0.1) is 11.8 Å². The lowest BCUT2D eigenvalue weighted by Crippen LogP contribution is -2.16. The Morgan fingerprint density at radius 3 is 1.91 bits per heavy atom. The molecule has 168 valence electrons. The van der Waals surface area contributed by atoms with Gasteiger partial charge in [0.2, 0.25) is 5.91 Å². The standard InChI is InChI=1S/C26H25N3O4/c1-16-14-23(16)26(32)29-21-5-3-4-18(15-21)25(31)28-19-8-6-17(7-9-19)24(30)27-20-10-12-22(33-2)13-11-20/h3-13,15-16,23H,14H2,1-2H3,(H,27,30)(H,28,31)(H,29,32). The Morgan fingerprint density at radius 2 is 1.33 bits per heavy atom. The lowest BCUT2D eigenvalue weighted by molar-refractivity contribution is -0.117. The highest BCUT2D eigenvalue weighted by molar-refractivity contribution is 6.07. The molecule has 0 bridgehead atoms. The van der Waals surface area contributed by atoms with Crippen LogP contribution in [0.3, 0.4) is 0 Å². The van der Waals surface area contributed by atoms with E-state index in [1.54, 1.807) is 79.9 Å². The molecule has 1 fully saturated rings. The van der Waals surface area contributed by atoms with Gasteiger partial charge in [0.1, 0.15) is 5.75 Å². The largest absolute Gasteiger partial charge is 0.497 e. The molecule has 1 saturated carbocycles. The van der Waals surface area contributed by atoms with Crippen LogP contribution in [0.2, 0.25) is 0 Å². The van der Waals surface area contributed by atoms with Crippen molar-refractivity contribution in [3.05, 3.63) is 83.9 Å². The summed E-state index contributed by atoms with van der Waals surface area (Å²) < 4.78 is 5.11. The number of carbonyl (C=O) groups is 3. The van der Waals surface area contributed by atoms with Crippen LogP contribution in [0.4, 0.5) is 17.1 Å². The van der Waals surface area contributed by atoms with E-state index in [-0.39, 0.29) is 23.6 Å². The molecule has 0 aromatic heterocycles. The van der Waals surface area contributed by atoms with Crippen molar-refractivity contribution in [1.82, 2.24) is 0 Å². The first-order valence-electron chi connectivity index (χ1n) is 10.7. The van der Waals surface area contributed by atoms with E-state index in [2.05, 4.69) is 16.0 Å². The van der Waals surface area contributed by atoms with Gasteiger partial charge in [0, 0.05) is 34.1 Å². The van der Waals surface area contributed by atoms with E-state index < -0.39 is 0 Å². The van der Waals surface area contributed by atoms with Crippen molar-refractivity contribution >= 4 is 34.8 Å². The summed E-state index contributed by atoms with van der Waals surface area (Å²) in [5, 5.41) is 8.50. The molecule has 1 aliphatic carbocycles. The zero-order valence-corrected chi connectivity index (χ0v) is 18.4. The summed E-state index contributed by atoms with van der Waals surface area (Å²) in [4.78, 5) is 37.2. The Hall–Kier alpha value is -4.13. The Balaban J connectivity index is 1.35. The fourth-order valence-corrected chi connectivity index (χ4v) is 3.45. The molecule has 3 aromatic rings. The third-order valence-electron chi connectivity index (χ3n) is 5.59. The normalized spacial score (nSPS) is 16.4. The number of hydrogen-bond donors (Lipinski definition) is 3. The molecule has 33 heavy (non-hydrogen) atoms. The van der Waals surface area contributed by atoms with Gasteiger partial charge in [0.15, 0.2) is 0 Å². The lowest BCUT2D eigenvalue weighted by atomic mass is 10.1. The zero-order chi connectivity index (χ0) is 23.4. The number of nitrogens with one attached hydrogen (secondary N) is 3. The zero-order valence-electron chi connectivity index (χ0n) is 18.4. The minimum absolute atomic E-state index is 0.0106. The van der Waals surface area contributed by atoms with Gasteiger partial charge >= 0.3 is 0 Å². The molecule has 0 aliphatic heterocycles. The number of amides is 3. The summed E-state index contributed by atoms with van der Waals surface area (Å²) >= 11 is 0. The van der Waals surface area contributed by atoms with E-state index >= 15 is 0 Å². The number of rotatable bonds is 7. The van der Waals surface area contributed by atoms with Crippen LogP contribution in [0.25, 0.3) is 0 Å². The van der Waals surface area contributed by atoms with Gasteiger partial charge in [-0.05, 0) is 79.1 Å². The van der Waals surface area contributed by atoms with Crippen LogP contribution < -0.4 is 20.7 Å². The van der Waals surface area contributed by atoms with Gasteiger partial charge in [-0.3, -0.25) is 14.4 Å². The maximum atomic E-state index is 12.6. The van der Waals surface area contributed by atoms with Gasteiger partial charge in [-0.15, -0.1) is 0 Å². The molecule has 0 spiro atoms. The second-order valence-corrected chi connectivity index (χ2v) is 8.10. The Bertz CT molecular complexity index is 1170. The van der Waals surface area contributed by atoms with Gasteiger partial charge in [0.25, 0.3) is 11.8 Å². The number of ether oxygens (including phenoxy) is 1. The minimum atomic E-state index is -0.304. The molecule has 3 aromatic carbocycles. The first-order valence-corrected chi connectivity index (χ1v) is 10.7. The monoisotopic (exact) mass is 443 g/mol. The molecule has 4 rings (SSSR count). The molecule has 0 saturated heterocycles. The average molecular weight is 444 g/mol. The molecule has 2 unspecified atom stereocenters. The van der Waals surface area contributed by atoms with Crippen LogP contribution in [0.1, 0.15) is 34.1 Å². The SMILES string of the molecule is COc1ccc(NC(=O)c2ccc(NC(=O)c3cccc(NC(=O)C4CC4C)c3)cc2)cc1. The number of carbonyl (C=O) groups excluding carboxylic acids is 3. The second-order valence-electron chi connectivity index (χ2n) is 8.10. The van der Waals surface area contributed by atoms with Crippen LogP contribution in [0.5, 0.6) is 5.75 Å². The molecule has 2 atom stereocenters. The highest BCUT2D eigenvalue weighted by Gasteiger charge is 2.39. The fourth-order valence-electron chi connectivity index (χ4n) is 3.45. The van der Waals surface area contributed by atoms with Gasteiger partial charge in [-0.25, -0.2) is 0 Å². The van der Waals surface area contributed by atoms with Gasteiger partial charge in [-0.1, -0.05) is 13.0 Å². The molecule has 3 N–H and O–H groups in total. The Kier molecular flexibility index (Phi) is 6.40. The number of benzene rings is 3. The lowest BCUT2D eigenvalue weighted by Gasteiger charge is -2.09. The maximum absolute atomic E-state index is 12.6. The van der Waals surface area contributed by atoms with E-state index in [0.29, 0.717) is 39.9 Å². The molecule has 7 nitrogen and oxygen atoms in total. The topological polar surface area (TPSA) is 96.5 Å². The predicted octanol–water partition coefficient (Wildman–Crippen LogP) is 4.79.